The number of nitrogens with zero attached hydrogens (tertiary/aromatic N) is 2. The van der Waals surface area contributed by atoms with Gasteiger partial charge in [-0.2, -0.15) is 0 Å². The molecule has 0 atom stereocenters. The number of thiophene rings is 1. The van der Waals surface area contributed by atoms with Crippen molar-refractivity contribution in [2.75, 3.05) is 11.9 Å². The van der Waals surface area contributed by atoms with Crippen molar-refractivity contribution < 1.29 is 0 Å². The molecule has 23 heavy (non-hydrogen) atoms. The van der Waals surface area contributed by atoms with Gasteiger partial charge in [-0.3, -0.25) is 13.9 Å². The lowest BCUT2D eigenvalue weighted by Crippen LogP contribution is -2.40. The van der Waals surface area contributed by atoms with E-state index in [1.54, 1.807) is 18.4 Å². The summed E-state index contributed by atoms with van der Waals surface area (Å²) in [5, 5.41) is 5.50. The highest BCUT2D eigenvalue weighted by molar-refractivity contribution is 7.10. The van der Waals surface area contributed by atoms with Gasteiger partial charge in [-0.1, -0.05) is 25.3 Å². The summed E-state index contributed by atoms with van der Waals surface area (Å²) in [5.74, 6) is 0.597. The molecule has 1 saturated carbocycles. The number of anilines is 1. The van der Waals surface area contributed by atoms with E-state index < -0.39 is 0 Å². The second kappa shape index (κ2) is 6.35. The zero-order valence-electron chi connectivity index (χ0n) is 13.7. The van der Waals surface area contributed by atoms with E-state index in [2.05, 4.69) is 22.8 Å². The van der Waals surface area contributed by atoms with Gasteiger partial charge >= 0.3 is 5.69 Å². The van der Waals surface area contributed by atoms with Crippen LogP contribution in [0.4, 0.5) is 5.82 Å². The van der Waals surface area contributed by atoms with Crippen LogP contribution in [0.1, 0.15) is 37.0 Å². The molecule has 1 fully saturated rings. The highest BCUT2D eigenvalue weighted by Crippen LogP contribution is 2.41. The Kier molecular flexibility index (Phi) is 4.43. The van der Waals surface area contributed by atoms with Crippen LogP contribution in [-0.2, 0) is 19.5 Å². The molecule has 0 amide bonds. The molecule has 6 heteroatoms. The van der Waals surface area contributed by atoms with Gasteiger partial charge in [-0.15, -0.1) is 11.3 Å². The maximum atomic E-state index is 12.1. The van der Waals surface area contributed by atoms with Gasteiger partial charge in [0.1, 0.15) is 5.82 Å². The predicted molar refractivity (Wildman–Crippen MR) is 94.5 cm³/mol. The monoisotopic (exact) mass is 333 g/mol. The van der Waals surface area contributed by atoms with Crippen LogP contribution in [-0.4, -0.2) is 15.7 Å². The molecule has 2 heterocycles. The second-order valence-electron chi connectivity index (χ2n) is 6.44. The quantitative estimate of drug-likeness (QED) is 0.935. The molecule has 0 saturated heterocycles. The molecule has 124 valence electrons. The summed E-state index contributed by atoms with van der Waals surface area (Å²) >= 11 is 1.80. The molecule has 0 bridgehead atoms. The predicted octanol–water partition coefficient (Wildman–Crippen LogP) is 2.46. The van der Waals surface area contributed by atoms with Crippen molar-refractivity contribution in [1.29, 1.82) is 0 Å². The van der Waals surface area contributed by atoms with Crippen molar-refractivity contribution in [3.63, 3.8) is 0 Å². The van der Waals surface area contributed by atoms with E-state index >= 15 is 0 Å². The molecule has 5 nitrogen and oxygen atoms in total. The molecule has 2 aromatic rings. The zero-order valence-corrected chi connectivity index (χ0v) is 14.5. The van der Waals surface area contributed by atoms with Crippen LogP contribution in [0.2, 0.25) is 0 Å². The Balaban J connectivity index is 1.89. The molecule has 2 aromatic heterocycles. The van der Waals surface area contributed by atoms with Gasteiger partial charge < -0.3 is 5.32 Å². The van der Waals surface area contributed by atoms with Crippen LogP contribution >= 0.6 is 11.3 Å². The lowest BCUT2D eigenvalue weighted by Gasteiger charge is -2.37. The molecule has 0 aromatic carbocycles. The molecule has 1 aliphatic rings. The molecule has 1 N–H and O–H groups in total. The van der Waals surface area contributed by atoms with E-state index in [0.717, 1.165) is 24.0 Å². The lowest BCUT2D eigenvalue weighted by atomic mass is 9.73. The number of aromatic nitrogens is 2. The van der Waals surface area contributed by atoms with Crippen LogP contribution in [0.25, 0.3) is 0 Å². The van der Waals surface area contributed by atoms with Crippen molar-refractivity contribution in [3.05, 3.63) is 49.3 Å². The minimum atomic E-state index is -0.297. The first-order valence-corrected chi connectivity index (χ1v) is 8.96. The van der Waals surface area contributed by atoms with Crippen LogP contribution in [0.5, 0.6) is 0 Å². The van der Waals surface area contributed by atoms with Gasteiger partial charge in [-0.05, 0) is 24.3 Å². The smallest absolute Gasteiger partial charge is 0.332 e. The van der Waals surface area contributed by atoms with E-state index in [1.807, 2.05) is 0 Å². The Labute approximate surface area is 139 Å². The Bertz CT molecular complexity index is 783. The van der Waals surface area contributed by atoms with Gasteiger partial charge in [0.2, 0.25) is 0 Å². The van der Waals surface area contributed by atoms with E-state index in [-0.39, 0.29) is 16.7 Å². The van der Waals surface area contributed by atoms with Crippen LogP contribution < -0.4 is 16.6 Å². The Hall–Kier alpha value is -1.82. The van der Waals surface area contributed by atoms with Crippen molar-refractivity contribution in [2.24, 2.45) is 14.1 Å². The first-order chi connectivity index (χ1) is 11.0. The van der Waals surface area contributed by atoms with Crippen molar-refractivity contribution in [3.8, 4) is 0 Å². The number of nitrogens with one attached hydrogen (secondary N) is 1. The van der Waals surface area contributed by atoms with Crippen LogP contribution in [0.15, 0.2) is 33.2 Å². The first kappa shape index (κ1) is 16.1. The van der Waals surface area contributed by atoms with E-state index in [0.29, 0.717) is 5.82 Å². The normalized spacial score (nSPS) is 17.1. The molecular weight excluding hydrogens is 310 g/mol. The summed E-state index contributed by atoms with van der Waals surface area (Å²) in [4.78, 5) is 25.3. The molecule has 3 rings (SSSR count). The number of hydrogen-bond donors (Lipinski definition) is 1. The summed E-state index contributed by atoms with van der Waals surface area (Å²) in [5.41, 5.74) is -0.456. The fourth-order valence-electron chi connectivity index (χ4n) is 3.48. The fraction of sp³-hybridized carbons (Fsp3) is 0.529. The van der Waals surface area contributed by atoms with Crippen LogP contribution in [0.3, 0.4) is 0 Å². The zero-order chi connectivity index (χ0) is 16.4. The highest BCUT2D eigenvalue weighted by atomic mass is 32.1. The minimum Gasteiger partial charge on any atom is -0.370 e. The third-order valence-electron chi connectivity index (χ3n) is 4.99. The Morgan fingerprint density at radius 2 is 1.91 bits per heavy atom. The molecule has 0 unspecified atom stereocenters. The van der Waals surface area contributed by atoms with Gasteiger partial charge in [0.15, 0.2) is 0 Å². The lowest BCUT2D eigenvalue weighted by molar-refractivity contribution is 0.313. The first-order valence-electron chi connectivity index (χ1n) is 8.08. The molecule has 0 radical (unpaired) electrons. The fourth-order valence-corrected chi connectivity index (χ4v) is 4.47. The molecule has 0 aliphatic heterocycles. The largest absolute Gasteiger partial charge is 0.370 e. The maximum absolute atomic E-state index is 12.1. The standard InChI is InChI=1S/C17H23N3O2S/c1-19-14(11-15(21)20(2)16(19)22)18-12-17(8-4-3-5-9-17)13-7-6-10-23-13/h6-7,10-11,18H,3-5,8-9,12H2,1-2H3. The minimum absolute atomic E-state index is 0.115. The summed E-state index contributed by atoms with van der Waals surface area (Å²) in [6.07, 6.45) is 6.06. The summed E-state index contributed by atoms with van der Waals surface area (Å²) in [6, 6.07) is 5.82. The molecule has 0 spiro atoms. The van der Waals surface area contributed by atoms with E-state index in [4.69, 9.17) is 0 Å². The van der Waals surface area contributed by atoms with Crippen molar-refractivity contribution in [2.45, 2.75) is 37.5 Å². The summed E-state index contributed by atoms with van der Waals surface area (Å²) in [7, 11) is 3.20. The van der Waals surface area contributed by atoms with E-state index in [9.17, 15) is 9.59 Å². The Morgan fingerprint density at radius 1 is 1.17 bits per heavy atom. The summed E-state index contributed by atoms with van der Waals surface area (Å²) in [6.45, 7) is 0.758. The highest BCUT2D eigenvalue weighted by Gasteiger charge is 2.34. The van der Waals surface area contributed by atoms with Crippen molar-refractivity contribution >= 4 is 17.2 Å². The topological polar surface area (TPSA) is 56.0 Å². The van der Waals surface area contributed by atoms with Gasteiger partial charge in [0.25, 0.3) is 5.56 Å². The Morgan fingerprint density at radius 3 is 2.57 bits per heavy atom. The number of hydrogen-bond acceptors (Lipinski definition) is 4. The third kappa shape index (κ3) is 3.00. The molecular formula is C17H23N3O2S. The van der Waals surface area contributed by atoms with Gasteiger partial charge in [0.05, 0.1) is 0 Å². The van der Waals surface area contributed by atoms with E-state index in [1.165, 1.54) is 41.8 Å². The average molecular weight is 333 g/mol. The third-order valence-corrected chi connectivity index (χ3v) is 6.10. The van der Waals surface area contributed by atoms with Gasteiger partial charge in [-0.25, -0.2) is 4.79 Å². The van der Waals surface area contributed by atoms with Crippen LogP contribution in [0, 0.1) is 0 Å². The second-order valence-corrected chi connectivity index (χ2v) is 7.39. The average Bonchev–Trinajstić information content (AvgIpc) is 3.11. The summed E-state index contributed by atoms with van der Waals surface area (Å²) < 4.78 is 2.63. The number of rotatable bonds is 4. The molecule has 1 aliphatic carbocycles. The van der Waals surface area contributed by atoms with Crippen molar-refractivity contribution in [1.82, 2.24) is 9.13 Å². The maximum Gasteiger partial charge on any atom is 0.332 e. The van der Waals surface area contributed by atoms with Gasteiger partial charge in [0, 0.05) is 37.0 Å². The SMILES string of the molecule is Cn1c(NCC2(c3cccs3)CCCCC2)cc(=O)n(C)c1=O.